The van der Waals surface area contributed by atoms with Crippen molar-refractivity contribution in [3.8, 4) is 11.4 Å². The number of fused-ring (bicyclic) bond motifs is 2. The largest absolute Gasteiger partial charge is 0.338 e. The topological polar surface area (TPSA) is 79.6 Å². The number of nitrogens with two attached hydrogens (primary N) is 1. The van der Waals surface area contributed by atoms with Crippen molar-refractivity contribution >= 4 is 11.0 Å². The molecule has 3 heterocycles. The van der Waals surface area contributed by atoms with E-state index in [0.717, 1.165) is 67.0 Å². The predicted octanol–water partition coefficient (Wildman–Crippen LogP) is 3.42. The number of hydrogen-bond acceptors (Lipinski definition) is 4. The van der Waals surface area contributed by atoms with Crippen molar-refractivity contribution in [1.29, 1.82) is 0 Å². The fraction of sp³-hybridized carbons (Fsp3) is 0.455. The van der Waals surface area contributed by atoms with Crippen LogP contribution in [0.5, 0.6) is 0 Å². The molecular formula is C22H27N5. The summed E-state index contributed by atoms with van der Waals surface area (Å²) in [5.41, 5.74) is 14.7. The summed E-state index contributed by atoms with van der Waals surface area (Å²) in [6, 6.07) is 8.30. The van der Waals surface area contributed by atoms with Crippen LogP contribution in [0.25, 0.3) is 22.4 Å². The number of hydrogen-bond donors (Lipinski definition) is 3. The van der Waals surface area contributed by atoms with Crippen LogP contribution in [-0.4, -0.2) is 28.0 Å². The smallest absolute Gasteiger partial charge is 0.140 e. The number of H-pyrrole nitrogens is 1. The van der Waals surface area contributed by atoms with Gasteiger partial charge in [0, 0.05) is 17.3 Å². The molecule has 5 rings (SSSR count). The van der Waals surface area contributed by atoms with Gasteiger partial charge in [-0.3, -0.25) is 4.98 Å². The van der Waals surface area contributed by atoms with E-state index < -0.39 is 0 Å². The summed E-state index contributed by atoms with van der Waals surface area (Å²) in [6.07, 6.45) is 5.58. The molecule has 1 aliphatic heterocycles. The normalized spacial score (nSPS) is 22.3. The number of para-hydroxylation sites is 2. The predicted molar refractivity (Wildman–Crippen MR) is 109 cm³/mol. The highest BCUT2D eigenvalue weighted by Gasteiger charge is 2.28. The molecule has 0 bridgehead atoms. The molecule has 0 saturated carbocycles. The Kier molecular flexibility index (Phi) is 4.21. The van der Waals surface area contributed by atoms with Gasteiger partial charge in [0.05, 0.1) is 16.7 Å². The van der Waals surface area contributed by atoms with Crippen molar-refractivity contribution in [3.63, 3.8) is 0 Å². The van der Waals surface area contributed by atoms with Crippen LogP contribution in [0.15, 0.2) is 24.3 Å². The lowest BCUT2D eigenvalue weighted by atomic mass is 9.82. The lowest BCUT2D eigenvalue weighted by Crippen LogP contribution is -2.23. The first-order valence-corrected chi connectivity index (χ1v) is 10.1. The molecule has 27 heavy (non-hydrogen) atoms. The van der Waals surface area contributed by atoms with Gasteiger partial charge in [-0.2, -0.15) is 0 Å². The van der Waals surface area contributed by atoms with Gasteiger partial charge < -0.3 is 16.0 Å². The number of benzene rings is 1. The maximum Gasteiger partial charge on any atom is 0.140 e. The molecule has 0 radical (unpaired) electrons. The molecule has 3 aromatic rings. The molecule has 2 aliphatic rings. The molecule has 2 unspecified atom stereocenters. The quantitative estimate of drug-likeness (QED) is 0.668. The number of imidazole rings is 1. The van der Waals surface area contributed by atoms with E-state index in [1.165, 1.54) is 23.1 Å². The van der Waals surface area contributed by atoms with Crippen LogP contribution in [0.4, 0.5) is 0 Å². The van der Waals surface area contributed by atoms with Crippen LogP contribution in [-0.2, 0) is 12.8 Å². The van der Waals surface area contributed by atoms with Crippen LogP contribution < -0.4 is 11.1 Å². The number of aromatic amines is 1. The minimum Gasteiger partial charge on any atom is -0.338 e. The zero-order chi connectivity index (χ0) is 18.4. The van der Waals surface area contributed by atoms with Gasteiger partial charge in [-0.15, -0.1) is 0 Å². The van der Waals surface area contributed by atoms with Gasteiger partial charge in [0.15, 0.2) is 0 Å². The average Bonchev–Trinajstić information content (AvgIpc) is 3.32. The molecule has 1 fully saturated rings. The second kappa shape index (κ2) is 6.73. The van der Waals surface area contributed by atoms with Crippen LogP contribution in [0, 0.1) is 12.8 Å². The summed E-state index contributed by atoms with van der Waals surface area (Å²) < 4.78 is 0. The van der Waals surface area contributed by atoms with Gasteiger partial charge in [0.25, 0.3) is 0 Å². The number of nitrogens with zero attached hydrogens (tertiary/aromatic N) is 2. The Hall–Kier alpha value is -2.24. The Morgan fingerprint density at radius 3 is 2.89 bits per heavy atom. The van der Waals surface area contributed by atoms with Crippen LogP contribution in [0.3, 0.4) is 0 Å². The fourth-order valence-corrected chi connectivity index (χ4v) is 4.84. The number of aromatic nitrogens is 3. The van der Waals surface area contributed by atoms with Crippen LogP contribution in [0.2, 0.25) is 0 Å². The minimum absolute atomic E-state index is 0.0672. The summed E-state index contributed by atoms with van der Waals surface area (Å²) in [5, 5.41) is 3.51. The Morgan fingerprint density at radius 2 is 2.07 bits per heavy atom. The molecule has 1 aromatic carbocycles. The van der Waals surface area contributed by atoms with E-state index in [4.69, 9.17) is 15.7 Å². The van der Waals surface area contributed by atoms with Gasteiger partial charge in [-0.25, -0.2) is 4.98 Å². The first kappa shape index (κ1) is 16.9. The Labute approximate surface area is 159 Å². The summed E-state index contributed by atoms with van der Waals surface area (Å²) in [6.45, 7) is 4.33. The molecule has 5 nitrogen and oxygen atoms in total. The van der Waals surface area contributed by atoms with Crippen molar-refractivity contribution in [2.24, 2.45) is 11.7 Å². The highest BCUT2D eigenvalue weighted by atomic mass is 14.9. The summed E-state index contributed by atoms with van der Waals surface area (Å²) in [5.74, 6) is 1.63. The zero-order valence-electron chi connectivity index (χ0n) is 15.9. The lowest BCUT2D eigenvalue weighted by molar-refractivity contribution is 0.534. The summed E-state index contributed by atoms with van der Waals surface area (Å²) in [7, 11) is 0. The van der Waals surface area contributed by atoms with Crippen molar-refractivity contribution in [2.75, 3.05) is 13.1 Å². The Bertz CT molecular complexity index is 951. The first-order chi connectivity index (χ1) is 13.2. The second-order valence-electron chi connectivity index (χ2n) is 8.08. The van der Waals surface area contributed by atoms with Gasteiger partial charge in [0.1, 0.15) is 5.82 Å². The molecule has 2 atom stereocenters. The molecule has 5 heteroatoms. The maximum absolute atomic E-state index is 6.44. The van der Waals surface area contributed by atoms with E-state index >= 15 is 0 Å². The van der Waals surface area contributed by atoms with Crippen molar-refractivity contribution in [2.45, 2.75) is 45.1 Å². The zero-order valence-corrected chi connectivity index (χ0v) is 15.9. The highest BCUT2D eigenvalue weighted by molar-refractivity contribution is 5.80. The number of pyridine rings is 1. The number of nitrogens with one attached hydrogen (secondary N) is 2. The second-order valence-corrected chi connectivity index (χ2v) is 8.08. The summed E-state index contributed by atoms with van der Waals surface area (Å²) >= 11 is 0. The standard InChI is InChI=1S/C22H27N5/c1-13-20(22-26-18-7-2-3-8-19(18)27-22)16(11-14-9-10-24-12-14)15-5-4-6-17(23)21(15)25-13/h2-3,7-8,14,17,24H,4-6,9-12,23H2,1H3,(H,26,27). The van der Waals surface area contributed by atoms with E-state index in [2.05, 4.69) is 29.4 Å². The molecule has 1 aliphatic carbocycles. The molecular weight excluding hydrogens is 334 g/mol. The monoisotopic (exact) mass is 361 g/mol. The average molecular weight is 361 g/mol. The fourth-order valence-electron chi connectivity index (χ4n) is 4.84. The first-order valence-electron chi connectivity index (χ1n) is 10.1. The lowest BCUT2D eigenvalue weighted by Gasteiger charge is -2.27. The van der Waals surface area contributed by atoms with Gasteiger partial charge in [0.2, 0.25) is 0 Å². The van der Waals surface area contributed by atoms with E-state index in [0.29, 0.717) is 5.92 Å². The van der Waals surface area contributed by atoms with E-state index in [-0.39, 0.29) is 6.04 Å². The minimum atomic E-state index is 0.0672. The molecule has 2 aromatic heterocycles. The molecule has 1 saturated heterocycles. The number of aryl methyl sites for hydroxylation is 1. The van der Waals surface area contributed by atoms with Gasteiger partial charge in [-0.1, -0.05) is 12.1 Å². The van der Waals surface area contributed by atoms with Gasteiger partial charge in [-0.05, 0) is 81.3 Å². The van der Waals surface area contributed by atoms with Crippen LogP contribution in [0.1, 0.15) is 47.8 Å². The van der Waals surface area contributed by atoms with Crippen LogP contribution >= 0.6 is 0 Å². The Balaban J connectivity index is 1.70. The third kappa shape index (κ3) is 2.95. The van der Waals surface area contributed by atoms with E-state index in [1.807, 2.05) is 12.1 Å². The van der Waals surface area contributed by atoms with Gasteiger partial charge >= 0.3 is 0 Å². The molecule has 140 valence electrons. The third-order valence-corrected chi connectivity index (χ3v) is 6.20. The highest BCUT2D eigenvalue weighted by Crippen LogP contribution is 2.37. The number of rotatable bonds is 3. The summed E-state index contributed by atoms with van der Waals surface area (Å²) in [4.78, 5) is 13.4. The molecule has 0 amide bonds. The Morgan fingerprint density at radius 1 is 1.19 bits per heavy atom. The molecule has 4 N–H and O–H groups in total. The van der Waals surface area contributed by atoms with E-state index in [9.17, 15) is 0 Å². The third-order valence-electron chi connectivity index (χ3n) is 6.20. The van der Waals surface area contributed by atoms with Crippen molar-refractivity contribution in [3.05, 3.63) is 46.8 Å². The van der Waals surface area contributed by atoms with Crippen molar-refractivity contribution < 1.29 is 0 Å². The molecule has 0 spiro atoms. The SMILES string of the molecule is Cc1nc2c(c(CC3CCNC3)c1-c1nc3ccccc3[nH]1)CCCC2N. The van der Waals surface area contributed by atoms with Crippen molar-refractivity contribution in [1.82, 2.24) is 20.3 Å². The van der Waals surface area contributed by atoms with E-state index in [1.54, 1.807) is 0 Å². The maximum atomic E-state index is 6.44.